The van der Waals surface area contributed by atoms with Crippen LogP contribution in [0.2, 0.25) is 0 Å². The van der Waals surface area contributed by atoms with Crippen LogP contribution >= 0.6 is 0 Å². The summed E-state index contributed by atoms with van der Waals surface area (Å²) in [5, 5.41) is 9.25. The zero-order valence-electron chi connectivity index (χ0n) is 9.62. The zero-order chi connectivity index (χ0) is 11.5. The van der Waals surface area contributed by atoms with Gasteiger partial charge in [-0.05, 0) is 31.4 Å². The zero-order valence-corrected chi connectivity index (χ0v) is 9.62. The minimum Gasteiger partial charge on any atom is -0.391 e. The maximum atomic E-state index is 13.5. The van der Waals surface area contributed by atoms with Crippen molar-refractivity contribution in [3.05, 3.63) is 29.6 Å². The van der Waals surface area contributed by atoms with Gasteiger partial charge in [-0.3, -0.25) is 0 Å². The van der Waals surface area contributed by atoms with Gasteiger partial charge < -0.3 is 10.0 Å². The van der Waals surface area contributed by atoms with Gasteiger partial charge in [0.25, 0.3) is 0 Å². The van der Waals surface area contributed by atoms with Crippen molar-refractivity contribution in [1.82, 2.24) is 0 Å². The van der Waals surface area contributed by atoms with Gasteiger partial charge in [-0.1, -0.05) is 13.0 Å². The van der Waals surface area contributed by atoms with Crippen LogP contribution in [-0.2, 0) is 6.61 Å². The lowest BCUT2D eigenvalue weighted by Crippen LogP contribution is -2.29. The Labute approximate surface area is 95.7 Å². The Hall–Kier alpha value is -1.09. The highest BCUT2D eigenvalue weighted by atomic mass is 19.1. The minimum atomic E-state index is -0.304. The summed E-state index contributed by atoms with van der Waals surface area (Å²) in [5.41, 5.74) is 1.30. The Kier molecular flexibility index (Phi) is 3.44. The van der Waals surface area contributed by atoms with Crippen molar-refractivity contribution in [1.29, 1.82) is 0 Å². The third-order valence-corrected chi connectivity index (χ3v) is 3.41. The van der Waals surface area contributed by atoms with Gasteiger partial charge in [0, 0.05) is 23.8 Å². The second kappa shape index (κ2) is 4.83. The SMILES string of the molecule is CCC1CCCN1c1cccc(F)c1CO. The maximum absolute atomic E-state index is 13.5. The van der Waals surface area contributed by atoms with Gasteiger partial charge in [0.2, 0.25) is 0 Å². The number of aliphatic hydroxyl groups is 1. The number of aliphatic hydroxyl groups excluding tert-OH is 1. The standard InChI is InChI=1S/C13H18FNO/c1-2-10-5-4-8-15(10)13-7-3-6-12(14)11(13)9-16/h3,6-7,10,16H,2,4-5,8-9H2,1H3. The van der Waals surface area contributed by atoms with E-state index < -0.39 is 0 Å². The highest BCUT2D eigenvalue weighted by Crippen LogP contribution is 2.31. The maximum Gasteiger partial charge on any atom is 0.130 e. The number of nitrogens with zero attached hydrogens (tertiary/aromatic N) is 1. The van der Waals surface area contributed by atoms with Crippen LogP contribution < -0.4 is 4.90 Å². The van der Waals surface area contributed by atoms with Crippen molar-refractivity contribution in [2.45, 2.75) is 38.8 Å². The lowest BCUT2D eigenvalue weighted by molar-refractivity contribution is 0.276. The fourth-order valence-electron chi connectivity index (χ4n) is 2.55. The lowest BCUT2D eigenvalue weighted by Gasteiger charge is -2.28. The van der Waals surface area contributed by atoms with Gasteiger partial charge in [-0.15, -0.1) is 0 Å². The Morgan fingerprint density at radius 1 is 1.50 bits per heavy atom. The number of halogens is 1. The first-order chi connectivity index (χ1) is 7.77. The number of benzene rings is 1. The van der Waals surface area contributed by atoms with Gasteiger partial charge >= 0.3 is 0 Å². The smallest absolute Gasteiger partial charge is 0.130 e. The molecule has 1 saturated heterocycles. The van der Waals surface area contributed by atoms with Crippen molar-refractivity contribution in [3.63, 3.8) is 0 Å². The molecule has 3 heteroatoms. The van der Waals surface area contributed by atoms with Crippen molar-refractivity contribution in [3.8, 4) is 0 Å². The molecule has 0 radical (unpaired) electrons. The van der Waals surface area contributed by atoms with Crippen LogP contribution in [0.1, 0.15) is 31.7 Å². The summed E-state index contributed by atoms with van der Waals surface area (Å²) < 4.78 is 13.5. The molecule has 1 atom stereocenters. The molecule has 2 rings (SSSR count). The fraction of sp³-hybridized carbons (Fsp3) is 0.538. The first-order valence-corrected chi connectivity index (χ1v) is 5.92. The highest BCUT2D eigenvalue weighted by molar-refractivity contribution is 5.55. The summed E-state index contributed by atoms with van der Waals surface area (Å²) >= 11 is 0. The first-order valence-electron chi connectivity index (χ1n) is 5.92. The van der Waals surface area contributed by atoms with Crippen LogP contribution in [-0.4, -0.2) is 17.7 Å². The average Bonchev–Trinajstić information content (AvgIpc) is 2.76. The van der Waals surface area contributed by atoms with E-state index in [4.69, 9.17) is 0 Å². The summed E-state index contributed by atoms with van der Waals surface area (Å²) in [6.45, 7) is 2.89. The molecule has 2 nitrogen and oxygen atoms in total. The van der Waals surface area contributed by atoms with Crippen LogP contribution in [0.15, 0.2) is 18.2 Å². The number of hydrogen-bond donors (Lipinski definition) is 1. The molecule has 1 aromatic rings. The monoisotopic (exact) mass is 223 g/mol. The Morgan fingerprint density at radius 3 is 3.00 bits per heavy atom. The van der Waals surface area contributed by atoms with Gasteiger partial charge in [0.15, 0.2) is 0 Å². The summed E-state index contributed by atoms with van der Waals surface area (Å²) in [5.74, 6) is -0.304. The molecule has 1 aliphatic heterocycles. The minimum absolute atomic E-state index is 0.227. The molecule has 1 heterocycles. The molecule has 0 amide bonds. The topological polar surface area (TPSA) is 23.5 Å². The predicted octanol–water partition coefficient (Wildman–Crippen LogP) is 2.70. The number of hydrogen-bond acceptors (Lipinski definition) is 2. The summed E-state index contributed by atoms with van der Waals surface area (Å²) in [6, 6.07) is 5.52. The largest absolute Gasteiger partial charge is 0.391 e. The third-order valence-electron chi connectivity index (χ3n) is 3.41. The quantitative estimate of drug-likeness (QED) is 0.851. The van der Waals surface area contributed by atoms with E-state index in [1.807, 2.05) is 6.07 Å². The van der Waals surface area contributed by atoms with Crippen LogP contribution in [0, 0.1) is 5.82 Å². The van der Waals surface area contributed by atoms with Crippen LogP contribution in [0.25, 0.3) is 0 Å². The van der Waals surface area contributed by atoms with Crippen molar-refractivity contribution in [2.24, 2.45) is 0 Å². The molecular formula is C13H18FNO. The van der Waals surface area contributed by atoms with E-state index in [1.165, 1.54) is 6.07 Å². The molecule has 0 spiro atoms. The first kappa shape index (κ1) is 11.4. The van der Waals surface area contributed by atoms with E-state index in [2.05, 4.69) is 11.8 Å². The normalized spacial score (nSPS) is 20.4. The van der Waals surface area contributed by atoms with E-state index >= 15 is 0 Å². The summed E-state index contributed by atoms with van der Waals surface area (Å²) in [4.78, 5) is 2.23. The van der Waals surface area contributed by atoms with Crippen LogP contribution in [0.4, 0.5) is 10.1 Å². The lowest BCUT2D eigenvalue weighted by atomic mass is 10.1. The van der Waals surface area contributed by atoms with Crippen molar-refractivity contribution < 1.29 is 9.50 Å². The Bertz CT molecular complexity index is 367. The Morgan fingerprint density at radius 2 is 2.31 bits per heavy atom. The average molecular weight is 223 g/mol. The van der Waals surface area contributed by atoms with E-state index in [0.29, 0.717) is 11.6 Å². The molecule has 1 N–H and O–H groups in total. The molecule has 88 valence electrons. The molecule has 1 aromatic carbocycles. The molecule has 1 fully saturated rings. The van der Waals surface area contributed by atoms with Gasteiger partial charge in [-0.25, -0.2) is 4.39 Å². The Balaban J connectivity index is 2.35. The van der Waals surface area contributed by atoms with E-state index in [-0.39, 0.29) is 12.4 Å². The number of rotatable bonds is 3. The second-order valence-corrected chi connectivity index (χ2v) is 4.29. The van der Waals surface area contributed by atoms with Gasteiger partial charge in [-0.2, -0.15) is 0 Å². The van der Waals surface area contributed by atoms with Crippen molar-refractivity contribution >= 4 is 5.69 Å². The fourth-order valence-corrected chi connectivity index (χ4v) is 2.55. The molecule has 0 aromatic heterocycles. The van der Waals surface area contributed by atoms with Gasteiger partial charge in [0.05, 0.1) is 6.61 Å². The van der Waals surface area contributed by atoms with E-state index in [1.54, 1.807) is 6.07 Å². The molecule has 0 saturated carbocycles. The van der Waals surface area contributed by atoms with Crippen LogP contribution in [0.3, 0.4) is 0 Å². The molecule has 1 unspecified atom stereocenters. The summed E-state index contributed by atoms with van der Waals surface area (Å²) in [6.07, 6.45) is 3.39. The summed E-state index contributed by atoms with van der Waals surface area (Å²) in [7, 11) is 0. The molecular weight excluding hydrogens is 205 g/mol. The van der Waals surface area contributed by atoms with E-state index in [9.17, 15) is 9.50 Å². The highest BCUT2D eigenvalue weighted by Gasteiger charge is 2.25. The molecule has 0 aliphatic carbocycles. The molecule has 16 heavy (non-hydrogen) atoms. The van der Waals surface area contributed by atoms with E-state index in [0.717, 1.165) is 31.5 Å². The van der Waals surface area contributed by atoms with Gasteiger partial charge in [0.1, 0.15) is 5.82 Å². The van der Waals surface area contributed by atoms with Crippen LogP contribution in [0.5, 0.6) is 0 Å². The van der Waals surface area contributed by atoms with Crippen molar-refractivity contribution in [2.75, 3.05) is 11.4 Å². The third kappa shape index (κ3) is 1.92. The number of anilines is 1. The molecule has 0 bridgehead atoms. The predicted molar refractivity (Wildman–Crippen MR) is 63.0 cm³/mol. The second-order valence-electron chi connectivity index (χ2n) is 4.29. The molecule has 1 aliphatic rings.